The van der Waals surface area contributed by atoms with Gasteiger partial charge in [-0.2, -0.15) is 11.8 Å². The SMILES string of the molecule is c1ccc(COC[C@H]2SC[C@H](OCc3ccccc3)[C@H](OCc3ccccc3)[C@@H]2OCc2ccccc2)cc1. The first-order valence-corrected chi connectivity index (χ1v) is 14.6. The molecule has 0 aromatic heterocycles. The molecule has 0 spiro atoms. The Morgan fingerprint density at radius 2 is 0.897 bits per heavy atom. The Hall–Kier alpha value is -2.93. The molecular weight excluding hydrogens is 504 g/mol. The van der Waals surface area contributed by atoms with Crippen LogP contribution in [-0.2, 0) is 45.4 Å². The molecule has 1 aliphatic rings. The van der Waals surface area contributed by atoms with Gasteiger partial charge in [0.05, 0.1) is 44.4 Å². The minimum absolute atomic E-state index is 0.106. The Morgan fingerprint density at radius 1 is 0.487 bits per heavy atom. The summed E-state index contributed by atoms with van der Waals surface area (Å²) in [6.07, 6.45) is -0.529. The predicted molar refractivity (Wildman–Crippen MR) is 157 cm³/mol. The van der Waals surface area contributed by atoms with Gasteiger partial charge in [-0.05, 0) is 22.3 Å². The Kier molecular flexibility index (Phi) is 10.6. The standard InChI is InChI=1S/C34H36O4S/c1-5-13-27(14-6-1)21-35-25-32-34(38-24-30-19-11-4-12-20-30)33(37-23-29-17-9-3-10-18-29)31(26-39-32)36-22-28-15-7-2-8-16-28/h1-20,31-34H,21-26H2/t31-,32+,33-,34+/m0/s1. The molecular formula is C34H36O4S. The molecule has 0 bridgehead atoms. The molecule has 1 aliphatic heterocycles. The van der Waals surface area contributed by atoms with Crippen LogP contribution in [-0.4, -0.2) is 35.9 Å². The van der Waals surface area contributed by atoms with Gasteiger partial charge >= 0.3 is 0 Å². The average molecular weight is 541 g/mol. The fourth-order valence-corrected chi connectivity index (χ4v) is 6.04. The van der Waals surface area contributed by atoms with Gasteiger partial charge in [0.2, 0.25) is 0 Å². The van der Waals surface area contributed by atoms with E-state index in [4.69, 9.17) is 18.9 Å². The topological polar surface area (TPSA) is 36.9 Å². The highest BCUT2D eigenvalue weighted by Crippen LogP contribution is 2.34. The van der Waals surface area contributed by atoms with Crippen molar-refractivity contribution in [3.8, 4) is 0 Å². The average Bonchev–Trinajstić information content (AvgIpc) is 3.00. The van der Waals surface area contributed by atoms with Crippen molar-refractivity contribution in [3.05, 3.63) is 144 Å². The van der Waals surface area contributed by atoms with Crippen molar-refractivity contribution in [2.75, 3.05) is 12.4 Å². The Morgan fingerprint density at radius 3 is 1.38 bits per heavy atom. The summed E-state index contributed by atoms with van der Waals surface area (Å²) < 4.78 is 26.0. The summed E-state index contributed by atoms with van der Waals surface area (Å²) in [4.78, 5) is 0. The van der Waals surface area contributed by atoms with E-state index in [-0.39, 0.29) is 23.6 Å². The van der Waals surface area contributed by atoms with Crippen LogP contribution in [0.4, 0.5) is 0 Å². The molecule has 4 atom stereocenters. The summed E-state index contributed by atoms with van der Waals surface area (Å²) in [6.45, 7) is 2.71. The molecule has 39 heavy (non-hydrogen) atoms. The third-order valence-electron chi connectivity index (χ3n) is 6.80. The second-order valence-corrected chi connectivity index (χ2v) is 11.0. The molecule has 1 fully saturated rings. The summed E-state index contributed by atoms with van der Waals surface area (Å²) in [7, 11) is 0. The number of rotatable bonds is 13. The van der Waals surface area contributed by atoms with Gasteiger partial charge in [-0.1, -0.05) is 121 Å². The van der Waals surface area contributed by atoms with Crippen LogP contribution < -0.4 is 0 Å². The molecule has 0 radical (unpaired) electrons. The zero-order valence-corrected chi connectivity index (χ0v) is 23.0. The van der Waals surface area contributed by atoms with Crippen molar-refractivity contribution < 1.29 is 18.9 Å². The summed E-state index contributed by atoms with van der Waals surface area (Å²) in [5, 5.41) is 0.120. The monoisotopic (exact) mass is 540 g/mol. The largest absolute Gasteiger partial charge is 0.376 e. The van der Waals surface area contributed by atoms with Crippen LogP contribution in [0.2, 0.25) is 0 Å². The molecule has 0 unspecified atom stereocenters. The molecule has 1 saturated heterocycles. The van der Waals surface area contributed by atoms with E-state index in [1.54, 1.807) is 0 Å². The van der Waals surface area contributed by atoms with Crippen molar-refractivity contribution in [3.63, 3.8) is 0 Å². The van der Waals surface area contributed by atoms with Gasteiger partial charge in [0.15, 0.2) is 0 Å². The van der Waals surface area contributed by atoms with Gasteiger partial charge in [0.25, 0.3) is 0 Å². The highest BCUT2D eigenvalue weighted by Gasteiger charge is 2.42. The van der Waals surface area contributed by atoms with Crippen LogP contribution >= 0.6 is 11.8 Å². The number of ether oxygens (including phenoxy) is 4. The van der Waals surface area contributed by atoms with E-state index in [0.29, 0.717) is 33.0 Å². The van der Waals surface area contributed by atoms with Crippen molar-refractivity contribution in [1.29, 1.82) is 0 Å². The first-order valence-electron chi connectivity index (χ1n) is 13.5. The lowest BCUT2D eigenvalue weighted by molar-refractivity contribution is -0.152. The second-order valence-electron chi connectivity index (χ2n) is 9.73. The van der Waals surface area contributed by atoms with Gasteiger partial charge in [-0.25, -0.2) is 0 Å². The first-order chi connectivity index (χ1) is 19.3. The molecule has 0 aliphatic carbocycles. The van der Waals surface area contributed by atoms with Crippen LogP contribution in [0.25, 0.3) is 0 Å². The van der Waals surface area contributed by atoms with E-state index >= 15 is 0 Å². The lowest BCUT2D eigenvalue weighted by atomic mass is 10.0. The number of hydrogen-bond acceptors (Lipinski definition) is 5. The van der Waals surface area contributed by atoms with Crippen molar-refractivity contribution in [1.82, 2.24) is 0 Å². The summed E-state index contributed by atoms with van der Waals surface area (Å²) >= 11 is 1.86. The Bertz CT molecular complexity index is 1210. The fourth-order valence-electron chi connectivity index (χ4n) is 4.70. The fraction of sp³-hybridized carbons (Fsp3) is 0.294. The molecule has 5 rings (SSSR count). The van der Waals surface area contributed by atoms with Crippen molar-refractivity contribution in [2.45, 2.75) is 50.0 Å². The number of thioether (sulfide) groups is 1. The summed E-state index contributed by atoms with van der Waals surface area (Å²) in [5.74, 6) is 0.816. The lowest BCUT2D eigenvalue weighted by Crippen LogP contribution is -2.53. The molecule has 0 saturated carbocycles. The lowest BCUT2D eigenvalue weighted by Gasteiger charge is -2.42. The zero-order valence-electron chi connectivity index (χ0n) is 22.1. The van der Waals surface area contributed by atoms with Crippen molar-refractivity contribution >= 4 is 11.8 Å². The molecule has 0 amide bonds. The van der Waals surface area contributed by atoms with Crippen molar-refractivity contribution in [2.24, 2.45) is 0 Å². The van der Waals surface area contributed by atoms with Gasteiger partial charge in [0.1, 0.15) is 12.2 Å². The molecule has 4 nitrogen and oxygen atoms in total. The molecule has 4 aromatic rings. The van der Waals surface area contributed by atoms with E-state index in [0.717, 1.165) is 22.4 Å². The van der Waals surface area contributed by atoms with Gasteiger partial charge < -0.3 is 18.9 Å². The minimum Gasteiger partial charge on any atom is -0.376 e. The molecule has 4 aromatic carbocycles. The van der Waals surface area contributed by atoms with Crippen LogP contribution in [0.1, 0.15) is 22.3 Å². The molecule has 1 heterocycles. The highest BCUT2D eigenvalue weighted by atomic mass is 32.2. The van der Waals surface area contributed by atoms with Gasteiger partial charge in [-0.15, -0.1) is 0 Å². The van der Waals surface area contributed by atoms with Crippen LogP contribution in [0.3, 0.4) is 0 Å². The van der Waals surface area contributed by atoms with Gasteiger partial charge in [-0.3, -0.25) is 0 Å². The minimum atomic E-state index is -0.232. The number of hydrogen-bond donors (Lipinski definition) is 0. The maximum atomic E-state index is 6.66. The smallest absolute Gasteiger partial charge is 0.112 e. The van der Waals surface area contributed by atoms with E-state index in [1.807, 2.05) is 84.6 Å². The third kappa shape index (κ3) is 8.53. The van der Waals surface area contributed by atoms with Crippen LogP contribution in [0.15, 0.2) is 121 Å². The number of benzene rings is 4. The normalized spacial score (nSPS) is 21.0. The van der Waals surface area contributed by atoms with E-state index in [2.05, 4.69) is 48.5 Å². The maximum Gasteiger partial charge on any atom is 0.112 e. The molecule has 0 N–H and O–H groups in total. The molecule has 202 valence electrons. The Labute approximate surface area is 236 Å². The molecule has 5 heteroatoms. The van der Waals surface area contributed by atoms with E-state index in [1.165, 1.54) is 5.56 Å². The quantitative estimate of drug-likeness (QED) is 0.181. The third-order valence-corrected chi connectivity index (χ3v) is 8.16. The maximum absolute atomic E-state index is 6.66. The predicted octanol–water partition coefficient (Wildman–Crippen LogP) is 7.07. The van der Waals surface area contributed by atoms with Gasteiger partial charge in [0, 0.05) is 5.75 Å². The second kappa shape index (κ2) is 15.0. The Balaban J connectivity index is 1.32. The summed E-state index contributed by atoms with van der Waals surface area (Å²) in [5.41, 5.74) is 4.59. The highest BCUT2D eigenvalue weighted by molar-refractivity contribution is 8.00. The van der Waals surface area contributed by atoms with Crippen LogP contribution in [0, 0.1) is 0 Å². The van der Waals surface area contributed by atoms with E-state index in [9.17, 15) is 0 Å². The van der Waals surface area contributed by atoms with Crippen LogP contribution in [0.5, 0.6) is 0 Å². The zero-order chi connectivity index (χ0) is 26.5. The summed E-state index contributed by atoms with van der Waals surface area (Å²) in [6, 6.07) is 41.2. The first kappa shape index (κ1) is 27.6. The van der Waals surface area contributed by atoms with E-state index < -0.39 is 0 Å².